The van der Waals surface area contributed by atoms with E-state index < -0.39 is 29.6 Å². The van der Waals surface area contributed by atoms with Crippen LogP contribution in [0.25, 0.3) is 0 Å². The van der Waals surface area contributed by atoms with Gasteiger partial charge in [0.15, 0.2) is 0 Å². The van der Waals surface area contributed by atoms with Crippen molar-refractivity contribution in [2.45, 2.75) is 69.2 Å². The van der Waals surface area contributed by atoms with Crippen LogP contribution in [0.4, 0.5) is 5.69 Å². The van der Waals surface area contributed by atoms with Crippen molar-refractivity contribution in [1.29, 1.82) is 0 Å². The average Bonchev–Trinajstić information content (AvgIpc) is 3.57. The van der Waals surface area contributed by atoms with Gasteiger partial charge < -0.3 is 20.3 Å². The van der Waals surface area contributed by atoms with Gasteiger partial charge in [-0.25, -0.2) is 0 Å². The van der Waals surface area contributed by atoms with Gasteiger partial charge >= 0.3 is 0 Å². The van der Waals surface area contributed by atoms with E-state index in [9.17, 15) is 14.4 Å². The second kappa shape index (κ2) is 10.0. The Balaban J connectivity index is 1.29. The van der Waals surface area contributed by atoms with Gasteiger partial charge in [0.1, 0.15) is 11.6 Å². The van der Waals surface area contributed by atoms with Crippen LogP contribution in [0.2, 0.25) is 0 Å². The summed E-state index contributed by atoms with van der Waals surface area (Å²) in [6.07, 6.45) is 9.12. The molecule has 3 amide bonds. The molecule has 3 fully saturated rings. The third kappa shape index (κ3) is 4.33. The van der Waals surface area contributed by atoms with Crippen LogP contribution in [-0.2, 0) is 25.5 Å². The molecule has 1 aliphatic carbocycles. The Hall–Kier alpha value is -3.45. The molecule has 7 heteroatoms. The van der Waals surface area contributed by atoms with Gasteiger partial charge in [-0.15, -0.1) is 0 Å². The number of amides is 3. The first-order chi connectivity index (χ1) is 18.5. The topological polar surface area (TPSA) is 87.7 Å². The first-order valence-corrected chi connectivity index (χ1v) is 13.9. The maximum atomic E-state index is 14.1. The highest BCUT2D eigenvalue weighted by molar-refractivity contribution is 6.02. The van der Waals surface area contributed by atoms with Gasteiger partial charge in [-0.1, -0.05) is 79.4 Å². The molecule has 3 aliphatic heterocycles. The first kappa shape index (κ1) is 24.9. The number of benzene rings is 2. The van der Waals surface area contributed by atoms with Crippen molar-refractivity contribution < 1.29 is 19.1 Å². The summed E-state index contributed by atoms with van der Waals surface area (Å²) in [5.41, 5.74) is 1.74. The Labute approximate surface area is 223 Å². The fourth-order valence-electron chi connectivity index (χ4n) is 6.79. The fraction of sp³-hybridized carbons (Fsp3) is 0.452. The summed E-state index contributed by atoms with van der Waals surface area (Å²) >= 11 is 0. The fourth-order valence-corrected chi connectivity index (χ4v) is 6.79. The number of likely N-dealkylation sites (tertiary alicyclic amines) is 1. The number of nitrogens with one attached hydrogen (secondary N) is 2. The minimum Gasteiger partial charge on any atom is -0.359 e. The average molecular weight is 514 g/mol. The number of fused-ring (bicyclic) bond motifs is 1. The van der Waals surface area contributed by atoms with Crippen molar-refractivity contribution in [1.82, 2.24) is 10.2 Å². The van der Waals surface area contributed by atoms with E-state index >= 15 is 0 Å². The molecule has 2 bridgehead atoms. The molecular weight excluding hydrogens is 478 g/mol. The molecule has 7 nitrogen and oxygen atoms in total. The van der Waals surface area contributed by atoms with E-state index in [-0.39, 0.29) is 23.8 Å². The second-order valence-corrected chi connectivity index (χ2v) is 11.2. The van der Waals surface area contributed by atoms with Crippen molar-refractivity contribution in [3.8, 4) is 0 Å². The van der Waals surface area contributed by atoms with Crippen LogP contribution in [0.1, 0.15) is 43.2 Å². The van der Waals surface area contributed by atoms with Gasteiger partial charge in [-0.05, 0) is 43.9 Å². The van der Waals surface area contributed by atoms with Crippen molar-refractivity contribution in [3.05, 3.63) is 77.9 Å². The molecule has 4 aliphatic rings. The molecule has 2 N–H and O–H groups in total. The van der Waals surface area contributed by atoms with E-state index in [4.69, 9.17) is 4.74 Å². The predicted molar refractivity (Wildman–Crippen MR) is 144 cm³/mol. The lowest BCUT2D eigenvalue weighted by Crippen LogP contribution is -2.56. The number of ether oxygens (including phenoxy) is 1. The lowest BCUT2D eigenvalue weighted by molar-refractivity contribution is -0.141. The van der Waals surface area contributed by atoms with Gasteiger partial charge in [0.2, 0.25) is 17.7 Å². The van der Waals surface area contributed by atoms with E-state index in [2.05, 4.69) is 10.6 Å². The zero-order valence-electron chi connectivity index (χ0n) is 21.8. The molecule has 0 radical (unpaired) electrons. The number of anilines is 1. The molecule has 2 saturated heterocycles. The summed E-state index contributed by atoms with van der Waals surface area (Å²) in [6, 6.07) is 16.9. The maximum absolute atomic E-state index is 14.1. The van der Waals surface area contributed by atoms with Crippen molar-refractivity contribution in [2.24, 2.45) is 11.8 Å². The molecule has 3 heterocycles. The highest BCUT2D eigenvalue weighted by atomic mass is 16.5. The third-order valence-electron chi connectivity index (χ3n) is 8.68. The molecule has 5 atom stereocenters. The van der Waals surface area contributed by atoms with Gasteiger partial charge in [-0.3, -0.25) is 14.4 Å². The normalized spacial score (nSPS) is 29.9. The Morgan fingerprint density at radius 3 is 2.47 bits per heavy atom. The van der Waals surface area contributed by atoms with Crippen LogP contribution in [-0.4, -0.2) is 53.0 Å². The quantitative estimate of drug-likeness (QED) is 0.552. The third-order valence-corrected chi connectivity index (χ3v) is 8.68. The summed E-state index contributed by atoms with van der Waals surface area (Å²) in [6.45, 7) is 2.38. The molecule has 0 aromatic heterocycles. The lowest BCUT2D eigenvalue weighted by atomic mass is 9.74. The predicted octanol–water partition coefficient (Wildman–Crippen LogP) is 3.78. The molecule has 2 aromatic carbocycles. The standard InChI is InChI=1S/C31H35N3O4/c1-20-12-14-23(15-13-20)32-28(35)25-24-16-18-31(38-24)26(25)30(37)34(19-17-21-8-4-2-5-9-21)27(31)29(36)33-22-10-6-3-7-11-22/h2,4-5,8-9,12-16,18,22,24-27H,3,6-7,10-11,17,19H2,1H3,(H,32,35)(H,33,36)/t24-,25+,26-,27+,31-/m0/s1. The minimum atomic E-state index is -1.13. The summed E-state index contributed by atoms with van der Waals surface area (Å²) in [5, 5.41) is 6.23. The van der Waals surface area contributed by atoms with E-state index in [1.165, 1.54) is 6.42 Å². The van der Waals surface area contributed by atoms with Crippen molar-refractivity contribution in [2.75, 3.05) is 11.9 Å². The van der Waals surface area contributed by atoms with Crippen LogP contribution in [0.3, 0.4) is 0 Å². The zero-order chi connectivity index (χ0) is 26.3. The van der Waals surface area contributed by atoms with Gasteiger partial charge in [0, 0.05) is 18.3 Å². The van der Waals surface area contributed by atoms with Crippen molar-refractivity contribution in [3.63, 3.8) is 0 Å². The molecule has 1 saturated carbocycles. The smallest absolute Gasteiger partial charge is 0.246 e. The van der Waals surface area contributed by atoms with Crippen molar-refractivity contribution >= 4 is 23.4 Å². The van der Waals surface area contributed by atoms with Crippen LogP contribution in [0.15, 0.2) is 66.7 Å². The number of hydrogen-bond acceptors (Lipinski definition) is 4. The molecule has 198 valence electrons. The van der Waals surface area contributed by atoms with E-state index in [0.29, 0.717) is 18.7 Å². The van der Waals surface area contributed by atoms with Gasteiger partial charge in [0.25, 0.3) is 0 Å². The number of aryl methyl sites for hydroxylation is 1. The van der Waals surface area contributed by atoms with Crippen LogP contribution in [0, 0.1) is 18.8 Å². The summed E-state index contributed by atoms with van der Waals surface area (Å²) < 4.78 is 6.45. The molecule has 1 spiro atoms. The van der Waals surface area contributed by atoms with Crippen LogP contribution in [0.5, 0.6) is 0 Å². The highest BCUT2D eigenvalue weighted by Gasteiger charge is 2.72. The minimum absolute atomic E-state index is 0.112. The molecule has 6 rings (SSSR count). The Kier molecular flexibility index (Phi) is 6.56. The summed E-state index contributed by atoms with van der Waals surface area (Å²) in [5.74, 6) is -2.03. The molecule has 38 heavy (non-hydrogen) atoms. The maximum Gasteiger partial charge on any atom is 0.246 e. The number of carbonyl (C=O) groups is 3. The molecular formula is C31H35N3O4. The number of nitrogens with zero attached hydrogens (tertiary/aromatic N) is 1. The highest BCUT2D eigenvalue weighted by Crippen LogP contribution is 2.55. The number of hydrogen-bond donors (Lipinski definition) is 2. The monoisotopic (exact) mass is 513 g/mol. The molecule has 0 unspecified atom stereocenters. The molecule has 2 aromatic rings. The SMILES string of the molecule is Cc1ccc(NC(=O)[C@@H]2[C@@H]3C=C[C@]4(O3)[C@@H]2C(=O)N(CCc2ccccc2)[C@@H]4C(=O)NC2CCCCC2)cc1. The summed E-state index contributed by atoms with van der Waals surface area (Å²) in [7, 11) is 0. The Morgan fingerprint density at radius 1 is 1.00 bits per heavy atom. The summed E-state index contributed by atoms with van der Waals surface area (Å²) in [4.78, 5) is 43.2. The Morgan fingerprint density at radius 2 is 1.74 bits per heavy atom. The second-order valence-electron chi connectivity index (χ2n) is 11.2. The van der Waals surface area contributed by atoms with Crippen LogP contribution >= 0.6 is 0 Å². The van der Waals surface area contributed by atoms with E-state index in [1.807, 2.05) is 73.7 Å². The first-order valence-electron chi connectivity index (χ1n) is 13.9. The van der Waals surface area contributed by atoms with Gasteiger partial charge in [0.05, 0.1) is 17.9 Å². The number of rotatable bonds is 7. The lowest BCUT2D eigenvalue weighted by Gasteiger charge is -2.34. The van der Waals surface area contributed by atoms with Gasteiger partial charge in [-0.2, -0.15) is 0 Å². The van der Waals surface area contributed by atoms with Crippen LogP contribution < -0.4 is 10.6 Å². The zero-order valence-corrected chi connectivity index (χ0v) is 21.8. The van der Waals surface area contributed by atoms with E-state index in [1.54, 1.807) is 4.90 Å². The Bertz CT molecular complexity index is 1240. The number of carbonyl (C=O) groups excluding carboxylic acids is 3. The largest absolute Gasteiger partial charge is 0.359 e. The van der Waals surface area contributed by atoms with E-state index in [0.717, 1.165) is 36.8 Å².